The van der Waals surface area contributed by atoms with E-state index < -0.39 is 0 Å². The highest BCUT2D eigenvalue weighted by Gasteiger charge is 2.00. The largest absolute Gasteiger partial charge is 0.330 e. The first kappa shape index (κ1) is 12.2. The number of hydrogen-bond acceptors (Lipinski definition) is 3. The summed E-state index contributed by atoms with van der Waals surface area (Å²) in [5, 5.41) is 0. The average molecular weight is 292 g/mol. The Hall–Kier alpha value is -1.26. The standard InChI is InChI=1S/C13H14BrN3/c14-12-5-3-10(4-6-12)11-8-16-13(17-9-11)2-1-7-15/h3-6,8-9H,1-2,7,15H2. The molecule has 0 saturated carbocycles. The summed E-state index contributed by atoms with van der Waals surface area (Å²) >= 11 is 3.41. The van der Waals surface area contributed by atoms with Gasteiger partial charge in [0.2, 0.25) is 0 Å². The lowest BCUT2D eigenvalue weighted by Crippen LogP contribution is -2.03. The first-order valence-corrected chi connectivity index (χ1v) is 6.36. The van der Waals surface area contributed by atoms with E-state index in [0.717, 1.165) is 34.3 Å². The molecule has 0 aliphatic rings. The highest BCUT2D eigenvalue weighted by atomic mass is 79.9. The molecule has 0 atom stereocenters. The van der Waals surface area contributed by atoms with Crippen LogP contribution >= 0.6 is 15.9 Å². The molecule has 0 amide bonds. The van der Waals surface area contributed by atoms with Gasteiger partial charge in [0.15, 0.2) is 0 Å². The summed E-state index contributed by atoms with van der Waals surface area (Å²) in [5.41, 5.74) is 7.61. The van der Waals surface area contributed by atoms with Gasteiger partial charge in [0, 0.05) is 28.9 Å². The van der Waals surface area contributed by atoms with Crippen LogP contribution in [0.2, 0.25) is 0 Å². The predicted molar refractivity (Wildman–Crippen MR) is 72.5 cm³/mol. The number of halogens is 1. The number of nitrogens with zero attached hydrogens (tertiary/aromatic N) is 2. The van der Waals surface area contributed by atoms with Crippen molar-refractivity contribution >= 4 is 15.9 Å². The Labute approximate surface area is 109 Å². The molecule has 0 unspecified atom stereocenters. The maximum atomic E-state index is 5.45. The molecule has 1 aromatic carbocycles. The van der Waals surface area contributed by atoms with E-state index in [1.807, 2.05) is 36.7 Å². The SMILES string of the molecule is NCCCc1ncc(-c2ccc(Br)cc2)cn1. The minimum atomic E-state index is 0.678. The van der Waals surface area contributed by atoms with Crippen molar-refractivity contribution in [2.45, 2.75) is 12.8 Å². The lowest BCUT2D eigenvalue weighted by Gasteiger charge is -2.02. The van der Waals surface area contributed by atoms with E-state index in [1.54, 1.807) is 0 Å². The number of aryl methyl sites for hydroxylation is 1. The van der Waals surface area contributed by atoms with E-state index in [1.165, 1.54) is 0 Å². The van der Waals surface area contributed by atoms with Gasteiger partial charge in [-0.2, -0.15) is 0 Å². The molecule has 0 saturated heterocycles. The summed E-state index contributed by atoms with van der Waals surface area (Å²) < 4.78 is 1.07. The predicted octanol–water partition coefficient (Wildman–Crippen LogP) is 2.80. The molecule has 0 aliphatic heterocycles. The molecule has 17 heavy (non-hydrogen) atoms. The quantitative estimate of drug-likeness (QED) is 0.942. The van der Waals surface area contributed by atoms with Crippen LogP contribution in [0.25, 0.3) is 11.1 Å². The number of nitrogens with two attached hydrogens (primary N) is 1. The van der Waals surface area contributed by atoms with E-state index in [9.17, 15) is 0 Å². The lowest BCUT2D eigenvalue weighted by atomic mass is 10.1. The van der Waals surface area contributed by atoms with Crippen LogP contribution in [0.3, 0.4) is 0 Å². The second-order valence-corrected chi connectivity index (χ2v) is 4.70. The first-order chi connectivity index (χ1) is 8.29. The Morgan fingerprint density at radius 3 is 2.24 bits per heavy atom. The molecule has 0 aliphatic carbocycles. The van der Waals surface area contributed by atoms with Crippen LogP contribution in [0.15, 0.2) is 41.1 Å². The van der Waals surface area contributed by atoms with Gasteiger partial charge in [-0.3, -0.25) is 0 Å². The fourth-order valence-corrected chi connectivity index (χ4v) is 1.80. The molecule has 1 heterocycles. The fourth-order valence-electron chi connectivity index (χ4n) is 1.54. The maximum Gasteiger partial charge on any atom is 0.128 e. The zero-order valence-electron chi connectivity index (χ0n) is 9.44. The van der Waals surface area contributed by atoms with Gasteiger partial charge in [0.25, 0.3) is 0 Å². The van der Waals surface area contributed by atoms with Crippen LogP contribution in [-0.4, -0.2) is 16.5 Å². The van der Waals surface area contributed by atoms with Crippen LogP contribution in [0.4, 0.5) is 0 Å². The Bertz CT molecular complexity index is 465. The molecule has 3 nitrogen and oxygen atoms in total. The van der Waals surface area contributed by atoms with Crippen molar-refractivity contribution in [1.29, 1.82) is 0 Å². The van der Waals surface area contributed by atoms with Gasteiger partial charge in [-0.1, -0.05) is 28.1 Å². The fraction of sp³-hybridized carbons (Fsp3) is 0.231. The highest BCUT2D eigenvalue weighted by molar-refractivity contribution is 9.10. The zero-order valence-corrected chi connectivity index (χ0v) is 11.0. The van der Waals surface area contributed by atoms with E-state index in [-0.39, 0.29) is 0 Å². The van der Waals surface area contributed by atoms with Gasteiger partial charge < -0.3 is 5.73 Å². The van der Waals surface area contributed by atoms with Crippen LogP contribution in [0, 0.1) is 0 Å². The normalized spacial score (nSPS) is 10.5. The van der Waals surface area contributed by atoms with Crippen molar-refractivity contribution < 1.29 is 0 Å². The van der Waals surface area contributed by atoms with E-state index in [4.69, 9.17) is 5.73 Å². The average Bonchev–Trinajstić information content (AvgIpc) is 2.38. The Balaban J connectivity index is 2.14. The molecule has 0 radical (unpaired) electrons. The summed E-state index contributed by atoms with van der Waals surface area (Å²) in [6.07, 6.45) is 5.50. The molecule has 88 valence electrons. The molecular formula is C13H14BrN3. The first-order valence-electron chi connectivity index (χ1n) is 5.56. The van der Waals surface area contributed by atoms with E-state index in [2.05, 4.69) is 25.9 Å². The zero-order chi connectivity index (χ0) is 12.1. The van der Waals surface area contributed by atoms with Crippen molar-refractivity contribution in [2.24, 2.45) is 5.73 Å². The van der Waals surface area contributed by atoms with Crippen LogP contribution in [0.1, 0.15) is 12.2 Å². The maximum absolute atomic E-state index is 5.45. The molecule has 0 fully saturated rings. The van der Waals surface area contributed by atoms with Gasteiger partial charge in [-0.15, -0.1) is 0 Å². The molecule has 0 spiro atoms. The molecule has 2 rings (SSSR count). The Morgan fingerprint density at radius 2 is 1.65 bits per heavy atom. The summed E-state index contributed by atoms with van der Waals surface area (Å²) in [4.78, 5) is 8.67. The summed E-state index contributed by atoms with van der Waals surface area (Å²) in [6.45, 7) is 0.678. The number of benzene rings is 1. The molecule has 2 N–H and O–H groups in total. The summed E-state index contributed by atoms with van der Waals surface area (Å²) in [7, 11) is 0. The molecule has 1 aromatic heterocycles. The van der Waals surface area contributed by atoms with E-state index in [0.29, 0.717) is 6.54 Å². The Morgan fingerprint density at radius 1 is 1.00 bits per heavy atom. The van der Waals surface area contributed by atoms with Crippen molar-refractivity contribution in [1.82, 2.24) is 9.97 Å². The van der Waals surface area contributed by atoms with Gasteiger partial charge in [-0.25, -0.2) is 9.97 Å². The third-order valence-corrected chi connectivity index (χ3v) is 3.02. The van der Waals surface area contributed by atoms with Crippen molar-refractivity contribution in [3.8, 4) is 11.1 Å². The Kier molecular flexibility index (Phi) is 4.23. The van der Waals surface area contributed by atoms with Gasteiger partial charge in [-0.05, 0) is 30.7 Å². The molecular weight excluding hydrogens is 278 g/mol. The number of rotatable bonds is 4. The van der Waals surface area contributed by atoms with Crippen molar-refractivity contribution in [2.75, 3.05) is 6.54 Å². The number of aromatic nitrogens is 2. The lowest BCUT2D eigenvalue weighted by molar-refractivity contribution is 0.781. The van der Waals surface area contributed by atoms with E-state index >= 15 is 0 Å². The smallest absolute Gasteiger partial charge is 0.128 e. The molecule has 4 heteroatoms. The van der Waals surface area contributed by atoms with Gasteiger partial charge in [0.05, 0.1) is 0 Å². The second-order valence-electron chi connectivity index (χ2n) is 3.79. The van der Waals surface area contributed by atoms with Crippen LogP contribution in [-0.2, 0) is 6.42 Å². The monoisotopic (exact) mass is 291 g/mol. The van der Waals surface area contributed by atoms with Crippen molar-refractivity contribution in [3.63, 3.8) is 0 Å². The highest BCUT2D eigenvalue weighted by Crippen LogP contribution is 2.20. The van der Waals surface area contributed by atoms with Crippen molar-refractivity contribution in [3.05, 3.63) is 47.0 Å². The second kappa shape index (κ2) is 5.89. The molecule has 2 aromatic rings. The third kappa shape index (κ3) is 3.35. The van der Waals surface area contributed by atoms with Crippen LogP contribution < -0.4 is 5.73 Å². The minimum absolute atomic E-state index is 0.678. The number of hydrogen-bond donors (Lipinski definition) is 1. The summed E-state index contributed by atoms with van der Waals surface area (Å²) in [5.74, 6) is 0.858. The topological polar surface area (TPSA) is 51.8 Å². The minimum Gasteiger partial charge on any atom is -0.330 e. The van der Waals surface area contributed by atoms with Gasteiger partial charge >= 0.3 is 0 Å². The van der Waals surface area contributed by atoms with Crippen LogP contribution in [0.5, 0.6) is 0 Å². The third-order valence-electron chi connectivity index (χ3n) is 2.49. The summed E-state index contributed by atoms with van der Waals surface area (Å²) in [6, 6.07) is 8.11. The van der Waals surface area contributed by atoms with Gasteiger partial charge in [0.1, 0.15) is 5.82 Å². The molecule has 0 bridgehead atoms.